The second-order valence-electron chi connectivity index (χ2n) is 4.03. The third kappa shape index (κ3) is 2.83. The van der Waals surface area contributed by atoms with Gasteiger partial charge < -0.3 is 0 Å². The molecule has 0 radical (unpaired) electrons. The molecule has 1 atom stereocenters. The van der Waals surface area contributed by atoms with Crippen LogP contribution in [0, 0.1) is 11.3 Å². The number of hydrogen-bond donors (Lipinski definition) is 0. The Morgan fingerprint density at radius 2 is 2.11 bits per heavy atom. The molecule has 0 fully saturated rings. The highest BCUT2D eigenvalue weighted by Gasteiger charge is 2.24. The second-order valence-corrected chi connectivity index (χ2v) is 6.44. The number of sulfonamides is 1. The fourth-order valence-electron chi connectivity index (χ4n) is 1.41. The molecule has 0 aromatic heterocycles. The third-order valence-corrected chi connectivity index (χ3v) is 5.23. The molecule has 0 N–H and O–H groups in total. The highest BCUT2D eigenvalue weighted by molar-refractivity contribution is 7.89. The van der Waals surface area contributed by atoms with Gasteiger partial charge in [-0.25, -0.2) is 8.42 Å². The Morgan fingerprint density at radius 1 is 1.50 bits per heavy atom. The summed E-state index contributed by atoms with van der Waals surface area (Å²) >= 11 is 5.85. The molecule has 1 unspecified atom stereocenters. The van der Waals surface area contributed by atoms with E-state index in [1.807, 2.05) is 19.9 Å². The van der Waals surface area contributed by atoms with Crippen molar-refractivity contribution in [3.8, 4) is 6.07 Å². The Bertz CT molecular complexity index is 578. The van der Waals surface area contributed by atoms with E-state index in [0.717, 1.165) is 6.42 Å². The first kappa shape index (κ1) is 15.0. The molecule has 0 aliphatic heterocycles. The van der Waals surface area contributed by atoms with Crippen molar-refractivity contribution in [3.05, 3.63) is 28.8 Å². The summed E-state index contributed by atoms with van der Waals surface area (Å²) in [6.45, 7) is 3.76. The van der Waals surface area contributed by atoms with Gasteiger partial charge in [-0.05, 0) is 31.5 Å². The number of nitrogens with zero attached hydrogens (tertiary/aromatic N) is 2. The van der Waals surface area contributed by atoms with E-state index in [2.05, 4.69) is 0 Å². The molecule has 6 heteroatoms. The maximum absolute atomic E-state index is 12.3. The van der Waals surface area contributed by atoms with Gasteiger partial charge in [0.15, 0.2) is 0 Å². The number of benzene rings is 1. The smallest absolute Gasteiger partial charge is 0.207 e. The van der Waals surface area contributed by atoms with E-state index in [0.29, 0.717) is 0 Å². The molecule has 1 aromatic rings. The second kappa shape index (κ2) is 5.70. The largest absolute Gasteiger partial charge is 0.243 e. The van der Waals surface area contributed by atoms with E-state index in [4.69, 9.17) is 16.9 Å². The van der Waals surface area contributed by atoms with Crippen LogP contribution < -0.4 is 0 Å². The topological polar surface area (TPSA) is 61.2 Å². The average Bonchev–Trinajstić information content (AvgIpc) is 2.36. The lowest BCUT2D eigenvalue weighted by molar-refractivity contribution is 0.380. The molecule has 4 nitrogen and oxygen atoms in total. The van der Waals surface area contributed by atoms with Crippen LogP contribution in [0.2, 0.25) is 5.02 Å². The Hall–Kier alpha value is -1.09. The minimum Gasteiger partial charge on any atom is -0.207 e. The lowest BCUT2D eigenvalue weighted by atomic mass is 10.2. The van der Waals surface area contributed by atoms with E-state index < -0.39 is 10.0 Å². The molecule has 0 heterocycles. The van der Waals surface area contributed by atoms with Gasteiger partial charge in [-0.15, -0.1) is 0 Å². The molecule has 98 valence electrons. The highest BCUT2D eigenvalue weighted by Crippen LogP contribution is 2.23. The fraction of sp³-hybridized carbons (Fsp3) is 0.417. The summed E-state index contributed by atoms with van der Waals surface area (Å²) in [6, 6.07) is 5.94. The van der Waals surface area contributed by atoms with Gasteiger partial charge in [0.1, 0.15) is 6.07 Å². The minimum absolute atomic E-state index is 0.0931. The van der Waals surface area contributed by atoms with Crippen LogP contribution in [0.15, 0.2) is 23.1 Å². The predicted octanol–water partition coefficient (Wildman–Crippen LogP) is 2.63. The van der Waals surface area contributed by atoms with E-state index in [-0.39, 0.29) is 21.5 Å². The van der Waals surface area contributed by atoms with E-state index >= 15 is 0 Å². The summed E-state index contributed by atoms with van der Waals surface area (Å²) in [6.07, 6.45) is 0.722. The van der Waals surface area contributed by atoms with Gasteiger partial charge in [0.05, 0.1) is 15.5 Å². The van der Waals surface area contributed by atoms with Crippen molar-refractivity contribution in [1.29, 1.82) is 5.26 Å². The van der Waals surface area contributed by atoms with Crippen LogP contribution >= 0.6 is 11.6 Å². The molecule has 0 aliphatic rings. The Kier molecular flexibility index (Phi) is 4.74. The summed E-state index contributed by atoms with van der Waals surface area (Å²) in [5, 5.41) is 8.90. The summed E-state index contributed by atoms with van der Waals surface area (Å²) in [4.78, 5) is 0.106. The molecule has 0 saturated carbocycles. The number of hydrogen-bond acceptors (Lipinski definition) is 3. The first-order valence-corrected chi connectivity index (χ1v) is 7.34. The molecule has 0 amide bonds. The normalized spacial score (nSPS) is 13.3. The fourth-order valence-corrected chi connectivity index (χ4v) is 3.16. The number of halogens is 1. The standard InChI is InChI=1S/C12H15ClN2O2S/c1-4-9(2)15(3)18(16,17)11-6-5-10(8-14)12(13)7-11/h5-7,9H,4H2,1-3H3. The first-order chi connectivity index (χ1) is 8.34. The first-order valence-electron chi connectivity index (χ1n) is 5.52. The maximum atomic E-state index is 12.3. The van der Waals surface area contributed by atoms with E-state index in [1.54, 1.807) is 0 Å². The molecular formula is C12H15ClN2O2S. The molecule has 1 rings (SSSR count). The zero-order valence-electron chi connectivity index (χ0n) is 10.5. The van der Waals surface area contributed by atoms with E-state index in [9.17, 15) is 8.42 Å². The quantitative estimate of drug-likeness (QED) is 0.855. The van der Waals surface area contributed by atoms with Crippen molar-refractivity contribution in [3.63, 3.8) is 0 Å². The van der Waals surface area contributed by atoms with Gasteiger partial charge in [0.2, 0.25) is 10.0 Å². The van der Waals surface area contributed by atoms with Crippen molar-refractivity contribution in [1.82, 2.24) is 4.31 Å². The SMILES string of the molecule is CCC(C)N(C)S(=O)(=O)c1ccc(C#N)c(Cl)c1. The minimum atomic E-state index is -3.56. The summed E-state index contributed by atoms with van der Waals surface area (Å²) < 4.78 is 25.8. The monoisotopic (exact) mass is 286 g/mol. The summed E-state index contributed by atoms with van der Waals surface area (Å²) in [5.41, 5.74) is 0.266. The van der Waals surface area contributed by atoms with Gasteiger partial charge in [-0.2, -0.15) is 9.57 Å². The highest BCUT2D eigenvalue weighted by atomic mass is 35.5. The molecule has 18 heavy (non-hydrogen) atoms. The number of nitriles is 1. The van der Waals surface area contributed by atoms with Gasteiger partial charge in [-0.3, -0.25) is 0 Å². The van der Waals surface area contributed by atoms with Crippen molar-refractivity contribution >= 4 is 21.6 Å². The average molecular weight is 287 g/mol. The Balaban J connectivity index is 3.22. The van der Waals surface area contributed by atoms with Crippen molar-refractivity contribution in [2.45, 2.75) is 31.2 Å². The molecule has 0 spiro atoms. The lowest BCUT2D eigenvalue weighted by Gasteiger charge is -2.23. The van der Waals surface area contributed by atoms with Crippen LogP contribution in [0.1, 0.15) is 25.8 Å². The third-order valence-electron chi connectivity index (χ3n) is 2.95. The van der Waals surface area contributed by atoms with Gasteiger partial charge in [0.25, 0.3) is 0 Å². The van der Waals surface area contributed by atoms with Crippen molar-refractivity contribution in [2.75, 3.05) is 7.05 Å². The van der Waals surface area contributed by atoms with Gasteiger partial charge in [-0.1, -0.05) is 18.5 Å². The summed E-state index contributed by atoms with van der Waals surface area (Å²) in [7, 11) is -2.02. The molecule has 0 saturated heterocycles. The van der Waals surface area contributed by atoms with Crippen molar-refractivity contribution in [2.24, 2.45) is 0 Å². The van der Waals surface area contributed by atoms with Crippen LogP contribution in [-0.4, -0.2) is 25.8 Å². The van der Waals surface area contributed by atoms with Crippen LogP contribution in [-0.2, 0) is 10.0 Å². The molecule has 1 aromatic carbocycles. The van der Waals surface area contributed by atoms with Crippen LogP contribution in [0.4, 0.5) is 0 Å². The zero-order valence-corrected chi connectivity index (χ0v) is 12.1. The van der Waals surface area contributed by atoms with Crippen LogP contribution in [0.25, 0.3) is 0 Å². The maximum Gasteiger partial charge on any atom is 0.243 e. The molecular weight excluding hydrogens is 272 g/mol. The van der Waals surface area contributed by atoms with E-state index in [1.165, 1.54) is 29.6 Å². The van der Waals surface area contributed by atoms with Gasteiger partial charge in [0, 0.05) is 13.1 Å². The van der Waals surface area contributed by atoms with Crippen LogP contribution in [0.3, 0.4) is 0 Å². The van der Waals surface area contributed by atoms with Crippen molar-refractivity contribution < 1.29 is 8.42 Å². The predicted molar refractivity (Wildman–Crippen MR) is 70.9 cm³/mol. The lowest BCUT2D eigenvalue weighted by Crippen LogP contribution is -2.34. The Labute approximate surface area is 113 Å². The number of rotatable bonds is 4. The Morgan fingerprint density at radius 3 is 2.56 bits per heavy atom. The van der Waals surface area contributed by atoms with Gasteiger partial charge >= 0.3 is 0 Å². The zero-order chi connectivity index (χ0) is 13.9. The summed E-state index contributed by atoms with van der Waals surface area (Å²) in [5.74, 6) is 0. The molecule has 0 bridgehead atoms. The van der Waals surface area contributed by atoms with Crippen LogP contribution in [0.5, 0.6) is 0 Å². The molecule has 0 aliphatic carbocycles.